The van der Waals surface area contributed by atoms with Crippen molar-refractivity contribution in [3.8, 4) is 5.75 Å². The number of methoxy groups -OCH3 is 1. The Balaban J connectivity index is 1.64. The van der Waals surface area contributed by atoms with Crippen LogP contribution in [-0.4, -0.2) is 12.9 Å². The molecular formula is C25H22O2. The van der Waals surface area contributed by atoms with E-state index in [-0.39, 0.29) is 5.78 Å². The molecule has 3 aromatic rings. The lowest BCUT2D eigenvalue weighted by atomic mass is 9.86. The van der Waals surface area contributed by atoms with Crippen LogP contribution in [0.15, 0.2) is 77.9 Å². The van der Waals surface area contributed by atoms with Gasteiger partial charge < -0.3 is 4.74 Å². The number of benzene rings is 3. The number of hydrogen-bond donors (Lipinski definition) is 0. The number of fused-ring (bicyclic) bond motifs is 1. The average Bonchev–Trinajstić information content (AvgIpc) is 2.71. The second kappa shape index (κ2) is 7.63. The first kappa shape index (κ1) is 17.3. The average molecular weight is 354 g/mol. The van der Waals surface area contributed by atoms with E-state index in [2.05, 4.69) is 30.3 Å². The van der Waals surface area contributed by atoms with Gasteiger partial charge >= 0.3 is 0 Å². The van der Waals surface area contributed by atoms with Crippen LogP contribution in [0.5, 0.6) is 5.75 Å². The smallest absolute Gasteiger partial charge is 0.185 e. The van der Waals surface area contributed by atoms with E-state index in [0.29, 0.717) is 0 Å². The van der Waals surface area contributed by atoms with Crippen LogP contribution < -0.4 is 4.74 Å². The number of hydrogen-bond acceptors (Lipinski definition) is 2. The van der Waals surface area contributed by atoms with Crippen LogP contribution in [0.4, 0.5) is 0 Å². The van der Waals surface area contributed by atoms with Crippen molar-refractivity contribution in [1.82, 2.24) is 0 Å². The summed E-state index contributed by atoms with van der Waals surface area (Å²) in [5.41, 5.74) is 3.86. The zero-order chi connectivity index (χ0) is 18.6. The highest BCUT2D eigenvalue weighted by Crippen LogP contribution is 2.29. The molecule has 0 bridgehead atoms. The molecule has 134 valence electrons. The molecular weight excluding hydrogens is 332 g/mol. The van der Waals surface area contributed by atoms with Gasteiger partial charge in [-0.05, 0) is 71.5 Å². The van der Waals surface area contributed by atoms with E-state index >= 15 is 0 Å². The molecule has 1 aliphatic carbocycles. The highest BCUT2D eigenvalue weighted by molar-refractivity contribution is 6.14. The first-order valence-electron chi connectivity index (χ1n) is 9.32. The summed E-state index contributed by atoms with van der Waals surface area (Å²) in [4.78, 5) is 13.0. The Labute approximate surface area is 159 Å². The SMILES string of the molecule is COc1cccc(/C=C2\CCC/C(=C\c3ccc4ccccc4c3)C2=O)c1. The molecule has 27 heavy (non-hydrogen) atoms. The van der Waals surface area contributed by atoms with Crippen LogP contribution >= 0.6 is 0 Å². The van der Waals surface area contributed by atoms with Gasteiger partial charge in [-0.2, -0.15) is 0 Å². The molecule has 1 fully saturated rings. The second-order valence-electron chi connectivity index (χ2n) is 6.91. The van der Waals surface area contributed by atoms with Gasteiger partial charge in [-0.15, -0.1) is 0 Å². The predicted molar refractivity (Wildman–Crippen MR) is 112 cm³/mol. The zero-order valence-corrected chi connectivity index (χ0v) is 15.4. The van der Waals surface area contributed by atoms with E-state index in [1.807, 2.05) is 48.6 Å². The van der Waals surface area contributed by atoms with Gasteiger partial charge in [0.1, 0.15) is 5.75 Å². The topological polar surface area (TPSA) is 26.3 Å². The Kier molecular flexibility index (Phi) is 4.88. The largest absolute Gasteiger partial charge is 0.497 e. The van der Waals surface area contributed by atoms with Gasteiger partial charge in [0.15, 0.2) is 5.78 Å². The van der Waals surface area contributed by atoms with E-state index in [0.717, 1.165) is 47.3 Å². The molecule has 0 amide bonds. The molecule has 0 atom stereocenters. The fraction of sp³-hybridized carbons (Fsp3) is 0.160. The number of carbonyl (C=O) groups excluding carboxylic acids is 1. The first-order valence-corrected chi connectivity index (χ1v) is 9.32. The van der Waals surface area contributed by atoms with Crippen molar-refractivity contribution in [2.45, 2.75) is 19.3 Å². The summed E-state index contributed by atoms with van der Waals surface area (Å²) >= 11 is 0. The third-order valence-corrected chi connectivity index (χ3v) is 5.02. The van der Waals surface area contributed by atoms with Crippen molar-refractivity contribution in [3.05, 3.63) is 89.0 Å². The maximum absolute atomic E-state index is 13.0. The van der Waals surface area contributed by atoms with Gasteiger partial charge in [-0.25, -0.2) is 0 Å². The van der Waals surface area contributed by atoms with Crippen LogP contribution in [0, 0.1) is 0 Å². The van der Waals surface area contributed by atoms with Gasteiger partial charge in [-0.3, -0.25) is 4.79 Å². The molecule has 0 N–H and O–H groups in total. The standard InChI is InChI=1S/C25H22O2/c1-27-24-11-4-6-18(17-24)15-22-9-5-10-23(25(22)26)16-19-12-13-20-7-2-3-8-21(20)14-19/h2-4,6-8,11-17H,5,9-10H2,1H3/b22-15+,23-16+. The highest BCUT2D eigenvalue weighted by atomic mass is 16.5. The minimum atomic E-state index is 0.164. The maximum atomic E-state index is 13.0. The molecule has 1 aliphatic rings. The number of ketones is 1. The Morgan fingerprint density at radius 2 is 1.48 bits per heavy atom. The molecule has 0 saturated heterocycles. The zero-order valence-electron chi connectivity index (χ0n) is 15.4. The van der Waals surface area contributed by atoms with E-state index in [1.165, 1.54) is 10.8 Å². The molecule has 0 unspecified atom stereocenters. The number of allylic oxidation sites excluding steroid dienone is 2. The van der Waals surface area contributed by atoms with E-state index < -0.39 is 0 Å². The fourth-order valence-corrected chi connectivity index (χ4v) is 3.61. The molecule has 0 heterocycles. The van der Waals surface area contributed by atoms with Crippen molar-refractivity contribution in [1.29, 1.82) is 0 Å². The fourth-order valence-electron chi connectivity index (χ4n) is 3.61. The number of carbonyl (C=O) groups is 1. The van der Waals surface area contributed by atoms with Crippen LogP contribution in [0.1, 0.15) is 30.4 Å². The summed E-state index contributed by atoms with van der Waals surface area (Å²) in [6, 6.07) is 22.5. The monoisotopic (exact) mass is 354 g/mol. The number of rotatable bonds is 3. The van der Waals surface area contributed by atoms with E-state index in [4.69, 9.17) is 4.74 Å². The normalized spacial score (nSPS) is 17.6. The molecule has 2 heteroatoms. The lowest BCUT2D eigenvalue weighted by molar-refractivity contribution is -0.112. The van der Waals surface area contributed by atoms with Gasteiger partial charge in [0.05, 0.1) is 7.11 Å². The third kappa shape index (κ3) is 3.85. The van der Waals surface area contributed by atoms with Gasteiger partial charge in [0.25, 0.3) is 0 Å². The molecule has 0 spiro atoms. The van der Waals surface area contributed by atoms with Crippen molar-refractivity contribution in [3.63, 3.8) is 0 Å². The maximum Gasteiger partial charge on any atom is 0.185 e. The lowest BCUT2D eigenvalue weighted by Gasteiger charge is -2.17. The van der Waals surface area contributed by atoms with Crippen LogP contribution in [0.2, 0.25) is 0 Å². The Morgan fingerprint density at radius 1 is 0.778 bits per heavy atom. The molecule has 2 nitrogen and oxygen atoms in total. The van der Waals surface area contributed by atoms with E-state index in [1.54, 1.807) is 7.11 Å². The summed E-state index contributed by atoms with van der Waals surface area (Å²) in [5.74, 6) is 0.969. The summed E-state index contributed by atoms with van der Waals surface area (Å²) in [6.07, 6.45) is 6.71. The lowest BCUT2D eigenvalue weighted by Crippen LogP contribution is -2.12. The van der Waals surface area contributed by atoms with Crippen molar-refractivity contribution < 1.29 is 9.53 Å². The summed E-state index contributed by atoms with van der Waals surface area (Å²) in [7, 11) is 1.66. The molecule has 0 aromatic heterocycles. The third-order valence-electron chi connectivity index (χ3n) is 5.02. The minimum Gasteiger partial charge on any atom is -0.497 e. The van der Waals surface area contributed by atoms with Gasteiger partial charge in [-0.1, -0.05) is 48.5 Å². The Bertz CT molecular complexity index is 1060. The summed E-state index contributed by atoms with van der Waals surface area (Å²) in [5, 5.41) is 2.41. The molecule has 3 aromatic carbocycles. The predicted octanol–water partition coefficient (Wildman–Crippen LogP) is 6.07. The van der Waals surface area contributed by atoms with Crippen molar-refractivity contribution in [2.24, 2.45) is 0 Å². The molecule has 0 radical (unpaired) electrons. The molecule has 4 rings (SSSR count). The number of ether oxygens (including phenoxy) is 1. The van der Waals surface area contributed by atoms with Gasteiger partial charge in [0, 0.05) is 11.1 Å². The Hall–Kier alpha value is -3.13. The van der Waals surface area contributed by atoms with E-state index in [9.17, 15) is 4.79 Å². The molecule has 0 aliphatic heterocycles. The van der Waals surface area contributed by atoms with Gasteiger partial charge in [0.2, 0.25) is 0 Å². The van der Waals surface area contributed by atoms with Crippen LogP contribution in [-0.2, 0) is 4.79 Å². The number of Topliss-reactive ketones (excluding diaryl/α,β-unsaturated/α-hetero) is 1. The highest BCUT2D eigenvalue weighted by Gasteiger charge is 2.20. The summed E-state index contributed by atoms with van der Waals surface area (Å²) < 4.78 is 5.28. The second-order valence-corrected chi connectivity index (χ2v) is 6.91. The molecule has 1 saturated carbocycles. The summed E-state index contributed by atoms with van der Waals surface area (Å²) in [6.45, 7) is 0. The van der Waals surface area contributed by atoms with Crippen LogP contribution in [0.25, 0.3) is 22.9 Å². The first-order chi connectivity index (χ1) is 13.2. The van der Waals surface area contributed by atoms with Crippen molar-refractivity contribution in [2.75, 3.05) is 7.11 Å². The van der Waals surface area contributed by atoms with Crippen molar-refractivity contribution >= 4 is 28.7 Å². The Morgan fingerprint density at radius 3 is 2.22 bits per heavy atom. The quantitative estimate of drug-likeness (QED) is 0.534. The minimum absolute atomic E-state index is 0.164. The van der Waals surface area contributed by atoms with Crippen LogP contribution in [0.3, 0.4) is 0 Å².